The molecule has 0 aromatic heterocycles. The molecule has 0 saturated carbocycles. The highest BCUT2D eigenvalue weighted by Crippen LogP contribution is 2.51. The predicted molar refractivity (Wildman–Crippen MR) is 103 cm³/mol. The number of nitrogens with zero attached hydrogens (tertiary/aromatic N) is 2. The third-order valence-electron chi connectivity index (χ3n) is 3.77. The SMILES string of the molecule is CN(C)CCCN1c2cc(Cl)ccc2Sc2cc(O)c(O)cc21.Cl. The van der Waals surface area contributed by atoms with Gasteiger partial charge in [-0.3, -0.25) is 0 Å². The Morgan fingerprint density at radius 2 is 1.71 bits per heavy atom. The molecule has 0 saturated heterocycles. The van der Waals surface area contributed by atoms with Gasteiger partial charge in [0.2, 0.25) is 0 Å². The van der Waals surface area contributed by atoms with Crippen LogP contribution in [-0.4, -0.2) is 42.3 Å². The highest BCUT2D eigenvalue weighted by Gasteiger charge is 2.25. The Kier molecular flexibility index (Phi) is 6.15. The molecule has 2 N–H and O–H groups in total. The van der Waals surface area contributed by atoms with Crippen molar-refractivity contribution in [2.24, 2.45) is 0 Å². The quantitative estimate of drug-likeness (QED) is 0.743. The van der Waals surface area contributed by atoms with Gasteiger partial charge in [-0.2, -0.15) is 0 Å². The second-order valence-corrected chi connectivity index (χ2v) is 7.35. The monoisotopic (exact) mass is 386 g/mol. The number of halogens is 2. The average Bonchev–Trinajstić information content (AvgIpc) is 2.49. The number of hydrogen-bond acceptors (Lipinski definition) is 5. The average molecular weight is 387 g/mol. The molecule has 0 unspecified atom stereocenters. The van der Waals surface area contributed by atoms with Gasteiger partial charge in [0, 0.05) is 27.4 Å². The number of fused-ring (bicyclic) bond motifs is 2. The van der Waals surface area contributed by atoms with Crippen LogP contribution in [0.2, 0.25) is 5.02 Å². The molecule has 2 aromatic rings. The van der Waals surface area contributed by atoms with Gasteiger partial charge in [-0.15, -0.1) is 12.4 Å². The minimum atomic E-state index is -0.104. The maximum Gasteiger partial charge on any atom is 0.159 e. The van der Waals surface area contributed by atoms with Gasteiger partial charge < -0.3 is 20.0 Å². The number of phenolic OH excluding ortho intramolecular Hbond substituents is 2. The van der Waals surface area contributed by atoms with E-state index in [1.807, 2.05) is 18.2 Å². The summed E-state index contributed by atoms with van der Waals surface area (Å²) in [5, 5.41) is 20.4. The molecule has 4 nitrogen and oxygen atoms in total. The minimum absolute atomic E-state index is 0. The van der Waals surface area contributed by atoms with E-state index < -0.39 is 0 Å². The number of hydrogen-bond donors (Lipinski definition) is 2. The molecule has 1 heterocycles. The van der Waals surface area contributed by atoms with Crippen molar-refractivity contribution in [2.75, 3.05) is 32.1 Å². The van der Waals surface area contributed by atoms with Crippen molar-refractivity contribution in [2.45, 2.75) is 16.2 Å². The number of anilines is 2. The largest absolute Gasteiger partial charge is 0.504 e. The van der Waals surface area contributed by atoms with Crippen molar-refractivity contribution in [3.05, 3.63) is 35.4 Å². The van der Waals surface area contributed by atoms with Crippen LogP contribution < -0.4 is 4.90 Å². The molecule has 1 aliphatic rings. The first kappa shape index (κ1) is 19.1. The molecular weight excluding hydrogens is 367 g/mol. The highest BCUT2D eigenvalue weighted by molar-refractivity contribution is 7.99. The summed E-state index contributed by atoms with van der Waals surface area (Å²) < 4.78 is 0. The zero-order valence-electron chi connectivity index (χ0n) is 13.5. The molecule has 3 rings (SSSR count). The van der Waals surface area contributed by atoms with Gasteiger partial charge in [0.05, 0.1) is 11.4 Å². The molecule has 24 heavy (non-hydrogen) atoms. The number of phenols is 2. The smallest absolute Gasteiger partial charge is 0.159 e. The Morgan fingerprint density at radius 3 is 2.42 bits per heavy atom. The lowest BCUT2D eigenvalue weighted by Gasteiger charge is -2.33. The summed E-state index contributed by atoms with van der Waals surface area (Å²) in [6, 6.07) is 9.06. The lowest BCUT2D eigenvalue weighted by molar-refractivity contribution is 0.400. The van der Waals surface area contributed by atoms with Crippen LogP contribution in [0.5, 0.6) is 11.5 Å². The van der Waals surface area contributed by atoms with E-state index in [1.165, 1.54) is 0 Å². The first-order valence-corrected chi connectivity index (χ1v) is 8.61. The van der Waals surface area contributed by atoms with E-state index in [4.69, 9.17) is 11.6 Å². The van der Waals surface area contributed by atoms with E-state index >= 15 is 0 Å². The van der Waals surface area contributed by atoms with Crippen LogP contribution in [0, 0.1) is 0 Å². The predicted octanol–water partition coefficient (Wildman–Crippen LogP) is 4.73. The second-order valence-electron chi connectivity index (χ2n) is 5.83. The van der Waals surface area contributed by atoms with Crippen LogP contribution in [0.1, 0.15) is 6.42 Å². The highest BCUT2D eigenvalue weighted by atomic mass is 35.5. The maximum absolute atomic E-state index is 9.89. The number of rotatable bonds is 4. The molecule has 7 heteroatoms. The van der Waals surface area contributed by atoms with E-state index in [9.17, 15) is 10.2 Å². The standard InChI is InChI=1S/C17H19ClN2O2S.ClH/c1-19(2)6-3-7-20-12-8-11(18)4-5-16(12)23-17-10-15(22)14(21)9-13(17)20;/h4-5,8-10,21-22H,3,6-7H2,1-2H3;1H. The molecule has 0 bridgehead atoms. The Hall–Kier alpha value is -1.27. The van der Waals surface area contributed by atoms with Crippen molar-refractivity contribution in [1.29, 1.82) is 0 Å². The number of benzene rings is 2. The van der Waals surface area contributed by atoms with Gasteiger partial charge in [0.25, 0.3) is 0 Å². The van der Waals surface area contributed by atoms with Gasteiger partial charge in [0.1, 0.15) is 0 Å². The first-order valence-electron chi connectivity index (χ1n) is 7.41. The van der Waals surface area contributed by atoms with Crippen molar-refractivity contribution in [3.63, 3.8) is 0 Å². The lowest BCUT2D eigenvalue weighted by atomic mass is 10.2. The van der Waals surface area contributed by atoms with Crippen LogP contribution in [0.4, 0.5) is 11.4 Å². The third kappa shape index (κ3) is 3.86. The lowest BCUT2D eigenvalue weighted by Crippen LogP contribution is -2.25. The molecule has 0 fully saturated rings. The minimum Gasteiger partial charge on any atom is -0.504 e. The zero-order valence-corrected chi connectivity index (χ0v) is 15.9. The van der Waals surface area contributed by atoms with Crippen molar-refractivity contribution < 1.29 is 10.2 Å². The summed E-state index contributed by atoms with van der Waals surface area (Å²) in [6.07, 6.45) is 0.977. The van der Waals surface area contributed by atoms with E-state index in [-0.39, 0.29) is 23.9 Å². The fourth-order valence-electron chi connectivity index (χ4n) is 2.66. The van der Waals surface area contributed by atoms with E-state index in [0.29, 0.717) is 5.02 Å². The molecule has 0 spiro atoms. The van der Waals surface area contributed by atoms with Crippen LogP contribution in [-0.2, 0) is 0 Å². The molecule has 2 aromatic carbocycles. The Labute approximate surface area is 157 Å². The molecule has 0 atom stereocenters. The van der Waals surface area contributed by atoms with Crippen molar-refractivity contribution in [1.82, 2.24) is 4.90 Å². The van der Waals surface area contributed by atoms with Crippen LogP contribution in [0.15, 0.2) is 40.1 Å². The molecular formula is C17H20Cl2N2O2S. The molecule has 0 radical (unpaired) electrons. The van der Waals surface area contributed by atoms with Gasteiger partial charge in [-0.25, -0.2) is 0 Å². The van der Waals surface area contributed by atoms with Crippen molar-refractivity contribution >= 4 is 47.1 Å². The fourth-order valence-corrected chi connectivity index (χ4v) is 3.92. The Morgan fingerprint density at radius 1 is 1.04 bits per heavy atom. The van der Waals surface area contributed by atoms with Gasteiger partial charge in [-0.1, -0.05) is 23.4 Å². The van der Waals surface area contributed by atoms with Crippen LogP contribution in [0.3, 0.4) is 0 Å². The van der Waals surface area contributed by atoms with E-state index in [1.54, 1.807) is 23.9 Å². The van der Waals surface area contributed by atoms with Gasteiger partial charge >= 0.3 is 0 Å². The summed E-state index contributed by atoms with van der Waals surface area (Å²) in [5.74, 6) is -0.200. The van der Waals surface area contributed by atoms with E-state index in [2.05, 4.69) is 23.9 Å². The molecule has 130 valence electrons. The summed E-state index contributed by atoms with van der Waals surface area (Å²) >= 11 is 7.75. The van der Waals surface area contributed by atoms with Gasteiger partial charge in [-0.05, 0) is 51.3 Å². The molecule has 0 amide bonds. The topological polar surface area (TPSA) is 46.9 Å². The van der Waals surface area contributed by atoms with E-state index in [0.717, 1.165) is 40.7 Å². The Bertz CT molecular complexity index is 741. The first-order chi connectivity index (χ1) is 11.0. The fraction of sp³-hybridized carbons (Fsp3) is 0.294. The third-order valence-corrected chi connectivity index (χ3v) is 5.11. The second kappa shape index (κ2) is 7.74. The summed E-state index contributed by atoms with van der Waals surface area (Å²) in [4.78, 5) is 6.33. The van der Waals surface area contributed by atoms with Gasteiger partial charge in [0.15, 0.2) is 11.5 Å². The van der Waals surface area contributed by atoms with Crippen molar-refractivity contribution in [3.8, 4) is 11.5 Å². The van der Waals surface area contributed by atoms with Crippen LogP contribution in [0.25, 0.3) is 0 Å². The normalized spacial score (nSPS) is 12.6. The molecule has 0 aliphatic carbocycles. The maximum atomic E-state index is 9.89. The Balaban J connectivity index is 0.00000208. The summed E-state index contributed by atoms with van der Waals surface area (Å²) in [5.41, 5.74) is 1.94. The zero-order chi connectivity index (χ0) is 16.6. The molecule has 1 aliphatic heterocycles. The summed E-state index contributed by atoms with van der Waals surface area (Å²) in [6.45, 7) is 1.78. The number of aromatic hydroxyl groups is 2. The summed E-state index contributed by atoms with van der Waals surface area (Å²) in [7, 11) is 4.10. The van der Waals surface area contributed by atoms with Crippen LogP contribution >= 0.6 is 35.8 Å².